The maximum absolute atomic E-state index is 12.2. The minimum atomic E-state index is -0.0440. The highest BCUT2D eigenvalue weighted by atomic mass is 16.1. The number of hydrogen-bond acceptors (Lipinski definition) is 3. The van der Waals surface area contributed by atoms with Crippen LogP contribution in [0.5, 0.6) is 0 Å². The summed E-state index contributed by atoms with van der Waals surface area (Å²) in [5.74, 6) is -0.0440. The third-order valence-electron chi connectivity index (χ3n) is 3.57. The van der Waals surface area contributed by atoms with Gasteiger partial charge in [0, 0.05) is 37.6 Å². The number of aromatic nitrogens is 2. The van der Waals surface area contributed by atoms with Gasteiger partial charge in [-0.25, -0.2) is 0 Å². The fraction of sp³-hybridized carbons (Fsp3) is 0.375. The lowest BCUT2D eigenvalue weighted by Gasteiger charge is -2.13. The molecule has 112 valence electrons. The molecule has 0 fully saturated rings. The lowest BCUT2D eigenvalue weighted by atomic mass is 10.1. The molecule has 2 aromatic rings. The standard InChI is InChI=1S/C16H22N4O/c1-11-15(12(2)19-18-11)8-9-17-16(21)13-6-5-7-14(10-13)20(3)4/h5-7,10H,8-9H2,1-4H3,(H,17,21)(H,18,19). The summed E-state index contributed by atoms with van der Waals surface area (Å²) in [6.45, 7) is 4.57. The van der Waals surface area contributed by atoms with Crippen molar-refractivity contribution in [1.29, 1.82) is 0 Å². The van der Waals surface area contributed by atoms with E-state index >= 15 is 0 Å². The van der Waals surface area contributed by atoms with Gasteiger partial charge in [-0.15, -0.1) is 0 Å². The van der Waals surface area contributed by atoms with E-state index in [1.807, 2.05) is 57.1 Å². The van der Waals surface area contributed by atoms with Gasteiger partial charge < -0.3 is 10.2 Å². The molecule has 21 heavy (non-hydrogen) atoms. The molecule has 2 N–H and O–H groups in total. The Balaban J connectivity index is 1.95. The molecular weight excluding hydrogens is 264 g/mol. The van der Waals surface area contributed by atoms with E-state index < -0.39 is 0 Å². The Kier molecular flexibility index (Phi) is 4.62. The Morgan fingerprint density at radius 2 is 2.10 bits per heavy atom. The summed E-state index contributed by atoms with van der Waals surface area (Å²) < 4.78 is 0. The predicted octanol–water partition coefficient (Wildman–Crippen LogP) is 2.07. The zero-order valence-electron chi connectivity index (χ0n) is 13.0. The molecule has 0 saturated carbocycles. The van der Waals surface area contributed by atoms with Crippen LogP contribution in [0.3, 0.4) is 0 Å². The number of hydrogen-bond donors (Lipinski definition) is 2. The Bertz CT molecular complexity index is 611. The molecule has 0 aliphatic heterocycles. The first kappa shape index (κ1) is 15.1. The number of amides is 1. The Labute approximate surface area is 125 Å². The monoisotopic (exact) mass is 286 g/mol. The van der Waals surface area contributed by atoms with Crippen LogP contribution in [-0.2, 0) is 6.42 Å². The number of carbonyl (C=O) groups is 1. The highest BCUT2D eigenvalue weighted by molar-refractivity contribution is 5.95. The molecule has 0 bridgehead atoms. The van der Waals surface area contributed by atoms with Crippen LogP contribution in [-0.4, -0.2) is 36.7 Å². The Morgan fingerprint density at radius 3 is 2.71 bits per heavy atom. The van der Waals surface area contributed by atoms with Crippen molar-refractivity contribution in [1.82, 2.24) is 15.5 Å². The van der Waals surface area contributed by atoms with Crippen LogP contribution >= 0.6 is 0 Å². The first-order chi connectivity index (χ1) is 9.99. The van der Waals surface area contributed by atoms with Crippen molar-refractivity contribution in [2.75, 3.05) is 25.5 Å². The van der Waals surface area contributed by atoms with Gasteiger partial charge in [0.15, 0.2) is 0 Å². The molecule has 1 aromatic carbocycles. The molecule has 0 atom stereocenters. The van der Waals surface area contributed by atoms with Crippen LogP contribution in [0.15, 0.2) is 24.3 Å². The second-order valence-corrected chi connectivity index (χ2v) is 5.36. The van der Waals surface area contributed by atoms with Gasteiger partial charge in [0.25, 0.3) is 5.91 Å². The van der Waals surface area contributed by atoms with E-state index in [1.54, 1.807) is 0 Å². The van der Waals surface area contributed by atoms with Gasteiger partial charge in [-0.2, -0.15) is 5.10 Å². The van der Waals surface area contributed by atoms with Crippen molar-refractivity contribution in [3.8, 4) is 0 Å². The molecule has 1 amide bonds. The van der Waals surface area contributed by atoms with E-state index in [2.05, 4.69) is 15.5 Å². The molecule has 0 unspecified atom stereocenters. The topological polar surface area (TPSA) is 61.0 Å². The number of anilines is 1. The van der Waals surface area contributed by atoms with Crippen molar-refractivity contribution >= 4 is 11.6 Å². The number of carbonyl (C=O) groups excluding carboxylic acids is 1. The first-order valence-corrected chi connectivity index (χ1v) is 7.05. The molecule has 0 spiro atoms. The summed E-state index contributed by atoms with van der Waals surface area (Å²) >= 11 is 0. The number of aromatic amines is 1. The second-order valence-electron chi connectivity index (χ2n) is 5.36. The van der Waals surface area contributed by atoms with E-state index in [0.717, 1.165) is 23.5 Å². The van der Waals surface area contributed by atoms with E-state index in [9.17, 15) is 4.79 Å². The lowest BCUT2D eigenvalue weighted by Crippen LogP contribution is -2.26. The summed E-state index contributed by atoms with van der Waals surface area (Å²) in [6, 6.07) is 7.60. The van der Waals surface area contributed by atoms with Crippen LogP contribution in [0, 0.1) is 13.8 Å². The first-order valence-electron chi connectivity index (χ1n) is 7.05. The van der Waals surface area contributed by atoms with Gasteiger partial charge in [0.05, 0.1) is 5.69 Å². The summed E-state index contributed by atoms with van der Waals surface area (Å²) in [4.78, 5) is 14.1. The number of benzene rings is 1. The van der Waals surface area contributed by atoms with Crippen LogP contribution in [0.4, 0.5) is 5.69 Å². The molecule has 5 nitrogen and oxygen atoms in total. The molecule has 2 rings (SSSR count). The largest absolute Gasteiger partial charge is 0.378 e. The summed E-state index contributed by atoms with van der Waals surface area (Å²) in [5, 5.41) is 10.1. The SMILES string of the molecule is Cc1n[nH]c(C)c1CCNC(=O)c1cccc(N(C)C)c1. The third-order valence-corrected chi connectivity index (χ3v) is 3.57. The minimum absolute atomic E-state index is 0.0440. The van der Waals surface area contributed by atoms with Crippen LogP contribution in [0.2, 0.25) is 0 Å². The fourth-order valence-electron chi connectivity index (χ4n) is 2.27. The summed E-state index contributed by atoms with van der Waals surface area (Å²) in [7, 11) is 3.92. The second kappa shape index (κ2) is 6.43. The van der Waals surface area contributed by atoms with Crippen molar-refractivity contribution in [2.24, 2.45) is 0 Å². The highest BCUT2D eigenvalue weighted by Crippen LogP contribution is 2.13. The molecule has 0 saturated heterocycles. The smallest absolute Gasteiger partial charge is 0.251 e. The van der Waals surface area contributed by atoms with E-state index in [1.165, 1.54) is 5.56 Å². The predicted molar refractivity (Wildman–Crippen MR) is 84.9 cm³/mol. The van der Waals surface area contributed by atoms with Gasteiger partial charge in [-0.3, -0.25) is 9.89 Å². The molecule has 0 aliphatic carbocycles. The average Bonchev–Trinajstić information content (AvgIpc) is 2.79. The van der Waals surface area contributed by atoms with E-state index in [4.69, 9.17) is 0 Å². The normalized spacial score (nSPS) is 10.5. The van der Waals surface area contributed by atoms with Gasteiger partial charge in [-0.05, 0) is 44.0 Å². The summed E-state index contributed by atoms with van der Waals surface area (Å²) in [6.07, 6.45) is 0.785. The number of rotatable bonds is 5. The van der Waals surface area contributed by atoms with Gasteiger partial charge in [0.1, 0.15) is 0 Å². The van der Waals surface area contributed by atoms with Crippen molar-refractivity contribution in [2.45, 2.75) is 20.3 Å². The number of aryl methyl sites for hydroxylation is 2. The van der Waals surface area contributed by atoms with Gasteiger partial charge >= 0.3 is 0 Å². The molecule has 1 aromatic heterocycles. The zero-order chi connectivity index (χ0) is 15.4. The highest BCUT2D eigenvalue weighted by Gasteiger charge is 2.09. The van der Waals surface area contributed by atoms with E-state index in [0.29, 0.717) is 12.1 Å². The number of H-pyrrole nitrogens is 1. The average molecular weight is 286 g/mol. The van der Waals surface area contributed by atoms with Crippen molar-refractivity contribution < 1.29 is 4.79 Å². The van der Waals surface area contributed by atoms with Crippen molar-refractivity contribution in [3.05, 3.63) is 46.8 Å². The maximum atomic E-state index is 12.2. The number of nitrogens with one attached hydrogen (secondary N) is 2. The molecule has 5 heteroatoms. The van der Waals surface area contributed by atoms with Crippen LogP contribution in [0.25, 0.3) is 0 Å². The van der Waals surface area contributed by atoms with Crippen LogP contribution in [0.1, 0.15) is 27.3 Å². The van der Waals surface area contributed by atoms with Crippen LogP contribution < -0.4 is 10.2 Å². The number of nitrogens with zero attached hydrogens (tertiary/aromatic N) is 2. The molecular formula is C16H22N4O. The van der Waals surface area contributed by atoms with Crippen molar-refractivity contribution in [3.63, 3.8) is 0 Å². The quantitative estimate of drug-likeness (QED) is 0.884. The fourth-order valence-corrected chi connectivity index (χ4v) is 2.27. The Morgan fingerprint density at radius 1 is 1.33 bits per heavy atom. The molecule has 1 heterocycles. The molecule has 0 aliphatic rings. The molecule has 0 radical (unpaired) electrons. The Hall–Kier alpha value is -2.30. The van der Waals surface area contributed by atoms with Gasteiger partial charge in [0.2, 0.25) is 0 Å². The lowest BCUT2D eigenvalue weighted by molar-refractivity contribution is 0.0954. The minimum Gasteiger partial charge on any atom is -0.378 e. The zero-order valence-corrected chi connectivity index (χ0v) is 13.0. The third kappa shape index (κ3) is 3.62. The summed E-state index contributed by atoms with van der Waals surface area (Å²) in [5.41, 5.74) is 4.94. The van der Waals surface area contributed by atoms with Gasteiger partial charge in [-0.1, -0.05) is 6.07 Å². The maximum Gasteiger partial charge on any atom is 0.251 e. The van der Waals surface area contributed by atoms with E-state index in [-0.39, 0.29) is 5.91 Å².